The lowest BCUT2D eigenvalue weighted by atomic mass is 9.71. The first-order valence-electron chi connectivity index (χ1n) is 7.26. The van der Waals surface area contributed by atoms with Crippen molar-refractivity contribution in [3.8, 4) is 0 Å². The first kappa shape index (κ1) is 12.7. The van der Waals surface area contributed by atoms with Crippen molar-refractivity contribution in [2.45, 2.75) is 31.6 Å². The van der Waals surface area contributed by atoms with Gasteiger partial charge >= 0.3 is 0 Å². The molecule has 3 rings (SSSR count). The van der Waals surface area contributed by atoms with E-state index in [2.05, 4.69) is 41.8 Å². The van der Waals surface area contributed by atoms with Crippen LogP contribution in [0, 0.1) is 5.92 Å². The molecule has 1 aromatic rings. The molecule has 1 aliphatic carbocycles. The van der Waals surface area contributed by atoms with E-state index in [-0.39, 0.29) is 17.2 Å². The van der Waals surface area contributed by atoms with Crippen LogP contribution in [-0.4, -0.2) is 25.5 Å². The van der Waals surface area contributed by atoms with Crippen molar-refractivity contribution < 1.29 is 4.79 Å². The Bertz CT molecular complexity index is 481. The first-order chi connectivity index (χ1) is 9.19. The lowest BCUT2D eigenvalue weighted by Gasteiger charge is -2.37. The molecule has 1 unspecified atom stereocenters. The molecular weight excluding hydrogens is 236 g/mol. The molecule has 3 heteroatoms. The highest BCUT2D eigenvalue weighted by Gasteiger charge is 2.33. The van der Waals surface area contributed by atoms with E-state index in [9.17, 15) is 4.79 Å². The van der Waals surface area contributed by atoms with Crippen molar-refractivity contribution in [3.63, 3.8) is 0 Å². The van der Waals surface area contributed by atoms with Crippen molar-refractivity contribution in [3.05, 3.63) is 35.4 Å². The number of carbonyl (C=O) groups is 1. The van der Waals surface area contributed by atoms with E-state index in [1.54, 1.807) is 0 Å². The van der Waals surface area contributed by atoms with E-state index >= 15 is 0 Å². The molecule has 1 aliphatic heterocycles. The molecule has 1 fully saturated rings. The zero-order valence-electron chi connectivity index (χ0n) is 11.5. The summed E-state index contributed by atoms with van der Waals surface area (Å²) in [5.74, 6) is 0.394. The maximum atomic E-state index is 12.0. The van der Waals surface area contributed by atoms with Crippen LogP contribution in [0.25, 0.3) is 0 Å². The van der Waals surface area contributed by atoms with E-state index in [1.807, 2.05) is 0 Å². The van der Waals surface area contributed by atoms with Gasteiger partial charge in [-0.3, -0.25) is 4.79 Å². The Hall–Kier alpha value is -1.35. The van der Waals surface area contributed by atoms with Gasteiger partial charge in [0.05, 0.1) is 5.92 Å². The molecule has 2 aliphatic rings. The predicted molar refractivity (Wildman–Crippen MR) is 76.1 cm³/mol. The molecule has 0 aromatic heterocycles. The van der Waals surface area contributed by atoms with Crippen molar-refractivity contribution >= 4 is 5.91 Å². The minimum atomic E-state index is 0.0989. The molecule has 0 saturated carbocycles. The summed E-state index contributed by atoms with van der Waals surface area (Å²) in [5.41, 5.74) is 2.98. The fraction of sp³-hybridized carbons (Fsp3) is 0.562. The molecular formula is C16H22N2O. The number of rotatable bonds is 3. The van der Waals surface area contributed by atoms with Gasteiger partial charge in [0.25, 0.3) is 0 Å². The molecule has 2 N–H and O–H groups in total. The van der Waals surface area contributed by atoms with Gasteiger partial charge in [-0.2, -0.15) is 0 Å². The number of nitrogens with one attached hydrogen (secondary N) is 2. The number of hydrogen-bond acceptors (Lipinski definition) is 2. The van der Waals surface area contributed by atoms with Crippen molar-refractivity contribution in [1.29, 1.82) is 0 Å². The summed E-state index contributed by atoms with van der Waals surface area (Å²) in [6.45, 7) is 4.71. The highest BCUT2D eigenvalue weighted by Crippen LogP contribution is 2.36. The Labute approximate surface area is 114 Å². The van der Waals surface area contributed by atoms with Crippen molar-refractivity contribution in [2.24, 2.45) is 5.92 Å². The first-order valence-corrected chi connectivity index (χ1v) is 7.26. The molecule has 1 amide bonds. The van der Waals surface area contributed by atoms with E-state index in [1.165, 1.54) is 24.0 Å². The fourth-order valence-electron chi connectivity index (χ4n) is 3.22. The van der Waals surface area contributed by atoms with Gasteiger partial charge in [-0.25, -0.2) is 0 Å². The molecule has 19 heavy (non-hydrogen) atoms. The molecule has 0 radical (unpaired) electrons. The third-order valence-electron chi connectivity index (χ3n) is 4.65. The maximum absolute atomic E-state index is 12.0. The lowest BCUT2D eigenvalue weighted by Crippen LogP contribution is -2.52. The summed E-state index contributed by atoms with van der Waals surface area (Å²) in [7, 11) is 0. The van der Waals surface area contributed by atoms with Gasteiger partial charge in [-0.15, -0.1) is 0 Å². The Morgan fingerprint density at radius 2 is 2.21 bits per heavy atom. The van der Waals surface area contributed by atoms with E-state index in [4.69, 9.17) is 0 Å². The highest BCUT2D eigenvalue weighted by atomic mass is 16.2. The molecule has 0 spiro atoms. The Kier molecular flexibility index (Phi) is 3.31. The van der Waals surface area contributed by atoms with Crippen LogP contribution in [0.4, 0.5) is 0 Å². The Morgan fingerprint density at radius 3 is 2.95 bits per heavy atom. The topological polar surface area (TPSA) is 41.1 Å². The zero-order valence-corrected chi connectivity index (χ0v) is 11.5. The minimum Gasteiger partial charge on any atom is -0.355 e. The average Bonchev–Trinajstić information content (AvgIpc) is 2.35. The van der Waals surface area contributed by atoms with E-state index in [0.717, 1.165) is 26.1 Å². The number of benzene rings is 1. The van der Waals surface area contributed by atoms with Gasteiger partial charge in [0, 0.05) is 25.0 Å². The van der Waals surface area contributed by atoms with Crippen LogP contribution in [0.3, 0.4) is 0 Å². The van der Waals surface area contributed by atoms with Gasteiger partial charge in [0.1, 0.15) is 0 Å². The standard InChI is InChI=1S/C16H22N2O/c1-16(11-18-15(19)13-9-17-10-13)8-4-6-12-5-2-3-7-14(12)16/h2-3,5,7,13,17H,4,6,8-11H2,1H3,(H,18,19). The SMILES string of the molecule is CC1(CNC(=O)C2CNC2)CCCc2ccccc21. The largest absolute Gasteiger partial charge is 0.355 e. The molecule has 102 valence electrons. The van der Waals surface area contributed by atoms with Crippen LogP contribution in [0.1, 0.15) is 30.9 Å². The molecule has 1 aromatic carbocycles. The highest BCUT2D eigenvalue weighted by molar-refractivity contribution is 5.80. The van der Waals surface area contributed by atoms with Crippen molar-refractivity contribution in [1.82, 2.24) is 10.6 Å². The number of amides is 1. The lowest BCUT2D eigenvalue weighted by molar-refractivity contribution is -0.126. The van der Waals surface area contributed by atoms with Gasteiger partial charge in [-0.05, 0) is 30.4 Å². The van der Waals surface area contributed by atoms with Crippen LogP contribution < -0.4 is 10.6 Å². The number of hydrogen-bond donors (Lipinski definition) is 2. The predicted octanol–water partition coefficient (Wildman–Crippen LogP) is 1.62. The molecule has 1 saturated heterocycles. The normalized spacial score (nSPS) is 26.4. The Morgan fingerprint density at radius 1 is 1.42 bits per heavy atom. The maximum Gasteiger partial charge on any atom is 0.225 e. The fourth-order valence-corrected chi connectivity index (χ4v) is 3.22. The summed E-state index contributed by atoms with van der Waals surface area (Å²) in [4.78, 5) is 12.0. The smallest absolute Gasteiger partial charge is 0.225 e. The van der Waals surface area contributed by atoms with Crippen molar-refractivity contribution in [2.75, 3.05) is 19.6 Å². The second-order valence-corrected chi connectivity index (χ2v) is 6.14. The molecule has 3 nitrogen and oxygen atoms in total. The summed E-state index contributed by atoms with van der Waals surface area (Å²) >= 11 is 0. The van der Waals surface area contributed by atoms with Crippen LogP contribution in [0.2, 0.25) is 0 Å². The van der Waals surface area contributed by atoms with Gasteiger partial charge in [0.15, 0.2) is 0 Å². The zero-order chi connectivity index (χ0) is 13.3. The monoisotopic (exact) mass is 258 g/mol. The Balaban J connectivity index is 1.71. The minimum absolute atomic E-state index is 0.0989. The van der Waals surface area contributed by atoms with Crippen LogP contribution in [0.5, 0.6) is 0 Å². The number of fused-ring (bicyclic) bond motifs is 1. The van der Waals surface area contributed by atoms with Gasteiger partial charge < -0.3 is 10.6 Å². The van der Waals surface area contributed by atoms with E-state index in [0.29, 0.717) is 0 Å². The number of carbonyl (C=O) groups excluding carboxylic acids is 1. The summed E-state index contributed by atoms with van der Waals surface area (Å²) in [6, 6.07) is 8.68. The second-order valence-electron chi connectivity index (χ2n) is 6.14. The third kappa shape index (κ3) is 2.39. The van der Waals surface area contributed by atoms with Crippen LogP contribution in [0.15, 0.2) is 24.3 Å². The van der Waals surface area contributed by atoms with Gasteiger partial charge in [0.2, 0.25) is 5.91 Å². The summed E-state index contributed by atoms with van der Waals surface area (Å²) in [5, 5.41) is 6.30. The van der Waals surface area contributed by atoms with Gasteiger partial charge in [-0.1, -0.05) is 31.2 Å². The van der Waals surface area contributed by atoms with Crippen LogP contribution in [-0.2, 0) is 16.6 Å². The summed E-state index contributed by atoms with van der Waals surface area (Å²) < 4.78 is 0. The quantitative estimate of drug-likeness (QED) is 0.865. The average molecular weight is 258 g/mol. The molecule has 1 heterocycles. The summed E-state index contributed by atoms with van der Waals surface area (Å²) in [6.07, 6.45) is 3.55. The number of aryl methyl sites for hydroxylation is 1. The third-order valence-corrected chi connectivity index (χ3v) is 4.65. The van der Waals surface area contributed by atoms with Crippen LogP contribution >= 0.6 is 0 Å². The van der Waals surface area contributed by atoms with E-state index < -0.39 is 0 Å². The molecule has 0 bridgehead atoms. The second kappa shape index (κ2) is 4.97. The molecule has 1 atom stereocenters.